The van der Waals surface area contributed by atoms with Crippen molar-refractivity contribution >= 4 is 5.97 Å². The molecule has 20 heavy (non-hydrogen) atoms. The van der Waals surface area contributed by atoms with Crippen LogP contribution in [0.3, 0.4) is 0 Å². The zero-order valence-electron chi connectivity index (χ0n) is 12.3. The zero-order chi connectivity index (χ0) is 15.0. The lowest BCUT2D eigenvalue weighted by atomic mass is 10.1. The lowest BCUT2D eigenvalue weighted by Gasteiger charge is -2.18. The maximum Gasteiger partial charge on any atom is 0.344 e. The molecular weight excluding hydrogens is 258 g/mol. The van der Waals surface area contributed by atoms with E-state index in [2.05, 4.69) is 5.32 Å². The fraction of sp³-hybridized carbons (Fsp3) is 0.533. The highest BCUT2D eigenvalue weighted by Crippen LogP contribution is 2.26. The maximum absolute atomic E-state index is 11.2. The molecule has 0 fully saturated rings. The third kappa shape index (κ3) is 4.74. The first-order chi connectivity index (χ1) is 9.62. The number of ether oxygens (including phenoxy) is 2. The minimum absolute atomic E-state index is 0.479. The molecule has 112 valence electrons. The van der Waals surface area contributed by atoms with E-state index in [1.807, 2.05) is 26.0 Å². The van der Waals surface area contributed by atoms with Gasteiger partial charge in [-0.25, -0.2) is 4.79 Å². The van der Waals surface area contributed by atoms with E-state index in [1.54, 1.807) is 13.2 Å². The predicted molar refractivity (Wildman–Crippen MR) is 77.3 cm³/mol. The van der Waals surface area contributed by atoms with Crippen molar-refractivity contribution in [2.45, 2.75) is 39.3 Å². The summed E-state index contributed by atoms with van der Waals surface area (Å²) in [4.78, 5) is 11.2. The monoisotopic (exact) mass is 281 g/mol. The van der Waals surface area contributed by atoms with Gasteiger partial charge in [0.15, 0.2) is 6.10 Å². The summed E-state index contributed by atoms with van der Waals surface area (Å²) in [5.41, 5.74) is 0.926. The van der Waals surface area contributed by atoms with Crippen molar-refractivity contribution in [1.82, 2.24) is 5.32 Å². The van der Waals surface area contributed by atoms with Crippen LogP contribution in [0, 0.1) is 0 Å². The van der Waals surface area contributed by atoms with Crippen molar-refractivity contribution in [2.75, 3.05) is 13.7 Å². The first kappa shape index (κ1) is 16.3. The van der Waals surface area contributed by atoms with E-state index in [-0.39, 0.29) is 0 Å². The molecule has 5 nitrogen and oxygen atoms in total. The smallest absolute Gasteiger partial charge is 0.344 e. The quantitative estimate of drug-likeness (QED) is 0.727. The molecule has 0 heterocycles. The number of carbonyl (C=O) groups is 1. The number of methoxy groups -OCH3 is 1. The van der Waals surface area contributed by atoms with Crippen LogP contribution in [0.2, 0.25) is 0 Å². The van der Waals surface area contributed by atoms with Gasteiger partial charge in [0.1, 0.15) is 11.5 Å². The number of benzene rings is 1. The van der Waals surface area contributed by atoms with Gasteiger partial charge in [0.2, 0.25) is 0 Å². The standard InChI is InChI=1S/C15H23NO4/c1-4-6-13(15(17)18)20-14-9-12(19-3)8-7-11(14)10-16-5-2/h7-9,13,16H,4-6,10H2,1-3H3,(H,17,18). The summed E-state index contributed by atoms with van der Waals surface area (Å²) in [6.45, 7) is 5.42. The van der Waals surface area contributed by atoms with E-state index in [4.69, 9.17) is 9.47 Å². The van der Waals surface area contributed by atoms with Crippen LogP contribution in [-0.4, -0.2) is 30.8 Å². The summed E-state index contributed by atoms with van der Waals surface area (Å²) >= 11 is 0. The number of nitrogens with one attached hydrogen (secondary N) is 1. The van der Waals surface area contributed by atoms with Crippen LogP contribution in [0.5, 0.6) is 11.5 Å². The number of hydrogen-bond acceptors (Lipinski definition) is 4. The molecule has 0 aliphatic carbocycles. The molecule has 0 radical (unpaired) electrons. The highest BCUT2D eigenvalue weighted by Gasteiger charge is 2.20. The third-order valence-electron chi connectivity index (χ3n) is 2.94. The molecule has 0 bridgehead atoms. The fourth-order valence-corrected chi connectivity index (χ4v) is 1.83. The van der Waals surface area contributed by atoms with Crippen LogP contribution in [0.25, 0.3) is 0 Å². The van der Waals surface area contributed by atoms with E-state index in [0.717, 1.165) is 18.5 Å². The Morgan fingerprint density at radius 2 is 2.15 bits per heavy atom. The normalized spacial score (nSPS) is 11.9. The van der Waals surface area contributed by atoms with E-state index >= 15 is 0 Å². The second-order valence-electron chi connectivity index (χ2n) is 4.49. The molecule has 1 rings (SSSR count). The first-order valence-electron chi connectivity index (χ1n) is 6.89. The minimum atomic E-state index is -0.941. The summed E-state index contributed by atoms with van der Waals surface area (Å²) < 4.78 is 10.8. The molecule has 0 amide bonds. The number of carboxylic acid groups (broad SMARTS) is 1. The van der Waals surface area contributed by atoms with Crippen molar-refractivity contribution in [1.29, 1.82) is 0 Å². The predicted octanol–water partition coefficient (Wildman–Crippen LogP) is 2.44. The molecule has 0 aliphatic rings. The molecule has 0 saturated heterocycles. The molecule has 0 aromatic heterocycles. The van der Waals surface area contributed by atoms with Gasteiger partial charge in [-0.2, -0.15) is 0 Å². The number of hydrogen-bond donors (Lipinski definition) is 2. The summed E-state index contributed by atoms with van der Waals surface area (Å²) in [5.74, 6) is 0.274. The van der Waals surface area contributed by atoms with Gasteiger partial charge in [-0.3, -0.25) is 0 Å². The Balaban J connectivity index is 2.95. The van der Waals surface area contributed by atoms with Crippen LogP contribution >= 0.6 is 0 Å². The summed E-state index contributed by atoms with van der Waals surface area (Å²) in [6.07, 6.45) is 0.406. The van der Waals surface area contributed by atoms with Crippen LogP contribution in [0.4, 0.5) is 0 Å². The van der Waals surface area contributed by atoms with Crippen molar-refractivity contribution in [3.8, 4) is 11.5 Å². The zero-order valence-corrected chi connectivity index (χ0v) is 12.3. The molecular formula is C15H23NO4. The van der Waals surface area contributed by atoms with Crippen molar-refractivity contribution in [3.05, 3.63) is 23.8 Å². The average Bonchev–Trinajstić information content (AvgIpc) is 2.45. The largest absolute Gasteiger partial charge is 0.497 e. The molecule has 5 heteroatoms. The molecule has 1 aromatic carbocycles. The second kappa shape index (κ2) is 8.43. The van der Waals surface area contributed by atoms with Crippen molar-refractivity contribution in [2.24, 2.45) is 0 Å². The summed E-state index contributed by atoms with van der Waals surface area (Å²) in [5, 5.41) is 12.4. The first-order valence-corrected chi connectivity index (χ1v) is 6.89. The van der Waals surface area contributed by atoms with Gasteiger partial charge in [0.05, 0.1) is 7.11 Å². The SMILES string of the molecule is CCCC(Oc1cc(OC)ccc1CNCC)C(=O)O. The summed E-state index contributed by atoms with van der Waals surface area (Å²) in [7, 11) is 1.57. The van der Waals surface area contributed by atoms with Gasteiger partial charge < -0.3 is 19.9 Å². The topological polar surface area (TPSA) is 67.8 Å². The highest BCUT2D eigenvalue weighted by atomic mass is 16.5. The van der Waals surface area contributed by atoms with Gasteiger partial charge in [-0.1, -0.05) is 26.3 Å². The Morgan fingerprint density at radius 1 is 1.40 bits per heavy atom. The minimum Gasteiger partial charge on any atom is -0.497 e. The van der Waals surface area contributed by atoms with Gasteiger partial charge in [0.25, 0.3) is 0 Å². The Morgan fingerprint density at radius 3 is 2.70 bits per heavy atom. The Labute approximate surface area is 119 Å². The highest BCUT2D eigenvalue weighted by molar-refractivity contribution is 5.72. The van der Waals surface area contributed by atoms with Crippen LogP contribution in [-0.2, 0) is 11.3 Å². The maximum atomic E-state index is 11.2. The molecule has 0 saturated carbocycles. The molecule has 1 aromatic rings. The Hall–Kier alpha value is -1.75. The van der Waals surface area contributed by atoms with Crippen LogP contribution < -0.4 is 14.8 Å². The van der Waals surface area contributed by atoms with Crippen LogP contribution in [0.15, 0.2) is 18.2 Å². The molecule has 2 N–H and O–H groups in total. The van der Waals surface area contributed by atoms with Gasteiger partial charge >= 0.3 is 5.97 Å². The fourth-order valence-electron chi connectivity index (χ4n) is 1.83. The summed E-state index contributed by atoms with van der Waals surface area (Å²) in [6, 6.07) is 5.47. The van der Waals surface area contributed by atoms with Crippen molar-refractivity contribution < 1.29 is 19.4 Å². The van der Waals surface area contributed by atoms with E-state index in [9.17, 15) is 9.90 Å². The third-order valence-corrected chi connectivity index (χ3v) is 2.94. The van der Waals surface area contributed by atoms with E-state index in [0.29, 0.717) is 24.5 Å². The lowest BCUT2D eigenvalue weighted by Crippen LogP contribution is -2.27. The molecule has 1 atom stereocenters. The lowest BCUT2D eigenvalue weighted by molar-refractivity contribution is -0.145. The van der Waals surface area contributed by atoms with Crippen LogP contribution in [0.1, 0.15) is 32.3 Å². The van der Waals surface area contributed by atoms with E-state index in [1.165, 1.54) is 0 Å². The number of aliphatic carboxylic acids is 1. The number of carboxylic acids is 1. The second-order valence-corrected chi connectivity index (χ2v) is 4.49. The molecule has 0 aliphatic heterocycles. The van der Waals surface area contributed by atoms with Gasteiger partial charge in [-0.15, -0.1) is 0 Å². The van der Waals surface area contributed by atoms with Crippen molar-refractivity contribution in [3.63, 3.8) is 0 Å². The number of rotatable bonds is 9. The van der Waals surface area contributed by atoms with E-state index < -0.39 is 12.1 Å². The Bertz CT molecular complexity index is 434. The Kier molecular flexibility index (Phi) is 6.87. The molecule has 0 spiro atoms. The average molecular weight is 281 g/mol. The van der Waals surface area contributed by atoms with Gasteiger partial charge in [0, 0.05) is 18.2 Å². The van der Waals surface area contributed by atoms with Gasteiger partial charge in [-0.05, 0) is 19.0 Å². The molecule has 1 unspecified atom stereocenters.